The van der Waals surface area contributed by atoms with E-state index in [2.05, 4.69) is 12.2 Å². The van der Waals surface area contributed by atoms with Crippen LogP contribution in [0, 0.1) is 12.7 Å². The van der Waals surface area contributed by atoms with Crippen LogP contribution in [0.25, 0.3) is 0 Å². The molecule has 1 unspecified atom stereocenters. The number of hydrogen-bond acceptors (Lipinski definition) is 2. The average molecular weight is 264 g/mol. The second kappa shape index (κ2) is 6.15. The van der Waals surface area contributed by atoms with Crippen LogP contribution < -0.4 is 10.2 Å². The summed E-state index contributed by atoms with van der Waals surface area (Å²) in [6.45, 7) is 5.38. The van der Waals surface area contributed by atoms with E-state index in [0.29, 0.717) is 12.1 Å². The van der Waals surface area contributed by atoms with Crippen LogP contribution in [-0.4, -0.2) is 25.0 Å². The molecule has 1 saturated heterocycles. The van der Waals surface area contributed by atoms with Crippen molar-refractivity contribution in [1.82, 2.24) is 5.32 Å². The molecule has 1 atom stereocenters. The van der Waals surface area contributed by atoms with Gasteiger partial charge in [-0.1, -0.05) is 6.92 Å². The van der Waals surface area contributed by atoms with Gasteiger partial charge in [0.05, 0.1) is 6.04 Å². The smallest absolute Gasteiger partial charge is 0.244 e. The van der Waals surface area contributed by atoms with Crippen LogP contribution >= 0.6 is 0 Å². The zero-order valence-electron chi connectivity index (χ0n) is 11.6. The van der Waals surface area contributed by atoms with Gasteiger partial charge in [-0.15, -0.1) is 0 Å². The molecule has 1 aliphatic heterocycles. The largest absolute Gasteiger partial charge is 0.311 e. The van der Waals surface area contributed by atoms with Gasteiger partial charge >= 0.3 is 0 Å². The van der Waals surface area contributed by atoms with E-state index in [0.717, 1.165) is 31.5 Å². The first-order valence-electron chi connectivity index (χ1n) is 6.94. The van der Waals surface area contributed by atoms with Gasteiger partial charge in [0.25, 0.3) is 0 Å². The van der Waals surface area contributed by atoms with E-state index in [1.807, 2.05) is 0 Å². The summed E-state index contributed by atoms with van der Waals surface area (Å²) in [6.07, 6.45) is 2.87. The minimum atomic E-state index is -0.228. The monoisotopic (exact) mass is 264 g/mol. The van der Waals surface area contributed by atoms with E-state index in [1.165, 1.54) is 6.07 Å². The third-order valence-electron chi connectivity index (χ3n) is 3.53. The van der Waals surface area contributed by atoms with Crippen LogP contribution in [0.4, 0.5) is 10.1 Å². The Bertz CT molecular complexity index is 461. The van der Waals surface area contributed by atoms with Crippen molar-refractivity contribution in [3.63, 3.8) is 0 Å². The number of aryl methyl sites for hydroxylation is 1. The quantitative estimate of drug-likeness (QED) is 0.906. The maximum absolute atomic E-state index is 13.3. The lowest BCUT2D eigenvalue weighted by atomic mass is 10.0. The fourth-order valence-electron chi connectivity index (χ4n) is 2.44. The maximum Gasteiger partial charge on any atom is 0.244 e. The molecule has 0 saturated carbocycles. The Balaban J connectivity index is 2.14. The van der Waals surface area contributed by atoms with Crippen molar-refractivity contribution < 1.29 is 9.18 Å². The minimum absolute atomic E-state index is 0.0981. The summed E-state index contributed by atoms with van der Waals surface area (Å²) in [4.78, 5) is 14.2. The molecule has 2 rings (SSSR count). The van der Waals surface area contributed by atoms with Crippen molar-refractivity contribution in [1.29, 1.82) is 0 Å². The van der Waals surface area contributed by atoms with E-state index in [1.54, 1.807) is 24.0 Å². The zero-order chi connectivity index (χ0) is 13.8. The molecule has 1 amide bonds. The number of carbonyl (C=O) groups excluding carboxylic acids is 1. The number of anilines is 1. The van der Waals surface area contributed by atoms with Crippen LogP contribution in [0.15, 0.2) is 18.2 Å². The number of piperidine rings is 1. The Labute approximate surface area is 113 Å². The Kier molecular flexibility index (Phi) is 4.53. The second-order valence-corrected chi connectivity index (χ2v) is 5.07. The zero-order valence-corrected chi connectivity index (χ0v) is 11.6. The summed E-state index contributed by atoms with van der Waals surface area (Å²) >= 11 is 0. The van der Waals surface area contributed by atoms with Gasteiger partial charge in [0.15, 0.2) is 0 Å². The van der Waals surface area contributed by atoms with Gasteiger partial charge in [0, 0.05) is 12.2 Å². The van der Waals surface area contributed by atoms with Crippen molar-refractivity contribution in [3.05, 3.63) is 29.6 Å². The van der Waals surface area contributed by atoms with Crippen molar-refractivity contribution in [2.75, 3.05) is 18.0 Å². The van der Waals surface area contributed by atoms with Gasteiger partial charge in [-0.2, -0.15) is 0 Å². The number of nitrogens with zero attached hydrogens (tertiary/aromatic N) is 1. The molecular formula is C15H21FN2O. The van der Waals surface area contributed by atoms with E-state index < -0.39 is 0 Å². The molecule has 1 fully saturated rings. The van der Waals surface area contributed by atoms with Crippen LogP contribution in [0.1, 0.15) is 31.7 Å². The van der Waals surface area contributed by atoms with Gasteiger partial charge in [-0.3, -0.25) is 4.79 Å². The number of rotatable bonds is 4. The van der Waals surface area contributed by atoms with Crippen LogP contribution in [0.2, 0.25) is 0 Å². The van der Waals surface area contributed by atoms with E-state index >= 15 is 0 Å². The predicted octanol–water partition coefficient (Wildman–Crippen LogP) is 2.63. The van der Waals surface area contributed by atoms with Crippen LogP contribution in [-0.2, 0) is 4.79 Å². The van der Waals surface area contributed by atoms with Gasteiger partial charge in [0.2, 0.25) is 5.91 Å². The Morgan fingerprint density at radius 3 is 2.95 bits per heavy atom. The number of carbonyl (C=O) groups is 1. The Morgan fingerprint density at radius 2 is 2.26 bits per heavy atom. The molecule has 1 heterocycles. The third-order valence-corrected chi connectivity index (χ3v) is 3.53. The highest BCUT2D eigenvalue weighted by Gasteiger charge is 2.29. The highest BCUT2D eigenvalue weighted by Crippen LogP contribution is 2.23. The minimum Gasteiger partial charge on any atom is -0.311 e. The molecular weight excluding hydrogens is 243 g/mol. The van der Waals surface area contributed by atoms with Gasteiger partial charge < -0.3 is 10.2 Å². The van der Waals surface area contributed by atoms with Crippen LogP contribution in [0.3, 0.4) is 0 Å². The summed E-state index contributed by atoms with van der Waals surface area (Å²) in [7, 11) is 0. The number of nitrogens with one attached hydrogen (secondary N) is 1. The SMILES string of the molecule is CCCNC1CCCN(c2ccc(F)c(C)c2)C1=O. The summed E-state index contributed by atoms with van der Waals surface area (Å²) in [5.41, 5.74) is 1.38. The number of benzene rings is 1. The molecule has 104 valence electrons. The molecule has 1 aromatic rings. The first-order valence-corrected chi connectivity index (χ1v) is 6.94. The van der Waals surface area contributed by atoms with E-state index in [-0.39, 0.29) is 17.8 Å². The molecule has 0 aromatic heterocycles. The first kappa shape index (κ1) is 14.0. The number of amides is 1. The normalized spacial score (nSPS) is 19.8. The first-order chi connectivity index (χ1) is 9.13. The van der Waals surface area contributed by atoms with E-state index in [9.17, 15) is 9.18 Å². The molecule has 1 aliphatic rings. The molecule has 1 N–H and O–H groups in total. The molecule has 3 nitrogen and oxygen atoms in total. The predicted molar refractivity (Wildman–Crippen MR) is 74.8 cm³/mol. The second-order valence-electron chi connectivity index (χ2n) is 5.07. The lowest BCUT2D eigenvalue weighted by Crippen LogP contribution is -2.51. The van der Waals surface area contributed by atoms with Crippen molar-refractivity contribution in [2.45, 2.75) is 39.2 Å². The van der Waals surface area contributed by atoms with Crippen LogP contribution in [0.5, 0.6) is 0 Å². The number of halogens is 1. The topological polar surface area (TPSA) is 32.3 Å². The molecule has 4 heteroatoms. The highest BCUT2D eigenvalue weighted by molar-refractivity contribution is 5.98. The lowest BCUT2D eigenvalue weighted by molar-refractivity contribution is -0.121. The molecule has 1 aromatic carbocycles. The third kappa shape index (κ3) is 3.13. The molecule has 19 heavy (non-hydrogen) atoms. The van der Waals surface area contributed by atoms with Crippen molar-refractivity contribution >= 4 is 11.6 Å². The lowest BCUT2D eigenvalue weighted by Gasteiger charge is -2.33. The van der Waals surface area contributed by atoms with E-state index in [4.69, 9.17) is 0 Å². The number of hydrogen-bond donors (Lipinski definition) is 1. The Morgan fingerprint density at radius 1 is 1.47 bits per heavy atom. The summed E-state index contributed by atoms with van der Waals surface area (Å²) < 4.78 is 13.3. The summed E-state index contributed by atoms with van der Waals surface area (Å²) in [5.74, 6) is -0.125. The van der Waals surface area contributed by atoms with Gasteiger partial charge in [0.1, 0.15) is 5.82 Å². The molecule has 0 bridgehead atoms. The molecule has 0 radical (unpaired) electrons. The fraction of sp³-hybridized carbons (Fsp3) is 0.533. The Hall–Kier alpha value is -1.42. The van der Waals surface area contributed by atoms with Gasteiger partial charge in [-0.05, 0) is 56.5 Å². The summed E-state index contributed by atoms with van der Waals surface area (Å²) in [5, 5.41) is 3.28. The van der Waals surface area contributed by atoms with Crippen molar-refractivity contribution in [3.8, 4) is 0 Å². The average Bonchev–Trinajstić information content (AvgIpc) is 2.41. The fourth-order valence-corrected chi connectivity index (χ4v) is 2.44. The van der Waals surface area contributed by atoms with Crippen molar-refractivity contribution in [2.24, 2.45) is 0 Å². The molecule has 0 aliphatic carbocycles. The highest BCUT2D eigenvalue weighted by atomic mass is 19.1. The van der Waals surface area contributed by atoms with Gasteiger partial charge in [-0.25, -0.2) is 4.39 Å². The standard InChI is InChI=1S/C15H21FN2O/c1-3-8-17-14-5-4-9-18(15(14)19)12-6-7-13(16)11(2)10-12/h6-7,10,14,17H,3-5,8-9H2,1-2H3. The maximum atomic E-state index is 13.3. The molecule has 0 spiro atoms. The summed E-state index contributed by atoms with van der Waals surface area (Å²) in [6, 6.07) is 4.76.